The minimum Gasteiger partial charge on any atom is -0.494 e. The summed E-state index contributed by atoms with van der Waals surface area (Å²) in [7, 11) is 0. The maximum atomic E-state index is 13.5. The van der Waals surface area contributed by atoms with E-state index in [-0.39, 0.29) is 11.4 Å². The van der Waals surface area contributed by atoms with Gasteiger partial charge in [-0.25, -0.2) is 19.1 Å². The van der Waals surface area contributed by atoms with Crippen LogP contribution >= 0.6 is 0 Å². The molecule has 36 heavy (non-hydrogen) atoms. The highest BCUT2D eigenvalue weighted by Crippen LogP contribution is 2.30. The first-order valence-corrected chi connectivity index (χ1v) is 11.7. The molecule has 7 heteroatoms. The molecule has 0 fully saturated rings. The molecule has 0 aliphatic heterocycles. The van der Waals surface area contributed by atoms with Gasteiger partial charge in [-0.05, 0) is 38.5 Å². The van der Waals surface area contributed by atoms with Crippen molar-refractivity contribution < 1.29 is 5.11 Å². The van der Waals surface area contributed by atoms with Crippen molar-refractivity contribution in [2.75, 3.05) is 0 Å². The largest absolute Gasteiger partial charge is 0.494 e. The van der Waals surface area contributed by atoms with Crippen molar-refractivity contribution in [1.82, 2.24) is 19.2 Å². The standard InChI is InChI=1S/C29H23N5O2/c1-17-12-13-25(18(2)14-17)34-28(35)23-11-7-4-8-20(23)24(29(34)36)15-30-26-21-9-5-6-10-22(21)27-31-19(3)16-33(27)32-26/h4-16,36H,1-3H3. The molecule has 3 heterocycles. The number of rotatable bonds is 3. The van der Waals surface area contributed by atoms with E-state index in [1.165, 1.54) is 4.57 Å². The Labute approximate surface area is 206 Å². The molecule has 3 aromatic heterocycles. The van der Waals surface area contributed by atoms with Crippen molar-refractivity contribution in [3.05, 3.63) is 106 Å². The Bertz CT molecular complexity index is 1910. The Balaban J connectivity index is 1.62. The number of imidazole rings is 1. The van der Waals surface area contributed by atoms with Gasteiger partial charge in [0.2, 0.25) is 5.88 Å². The molecule has 0 radical (unpaired) electrons. The highest BCUT2D eigenvalue weighted by atomic mass is 16.3. The molecule has 6 aromatic rings. The van der Waals surface area contributed by atoms with Crippen molar-refractivity contribution in [1.29, 1.82) is 0 Å². The van der Waals surface area contributed by atoms with Crippen molar-refractivity contribution in [2.45, 2.75) is 20.8 Å². The fourth-order valence-electron chi connectivity index (χ4n) is 4.76. The van der Waals surface area contributed by atoms with E-state index in [4.69, 9.17) is 4.99 Å². The first-order valence-electron chi connectivity index (χ1n) is 11.7. The monoisotopic (exact) mass is 473 g/mol. The maximum Gasteiger partial charge on any atom is 0.265 e. The lowest BCUT2D eigenvalue weighted by Crippen LogP contribution is -2.21. The molecule has 0 bridgehead atoms. The van der Waals surface area contributed by atoms with Gasteiger partial charge in [-0.3, -0.25) is 4.79 Å². The van der Waals surface area contributed by atoms with Gasteiger partial charge >= 0.3 is 0 Å². The van der Waals surface area contributed by atoms with E-state index in [9.17, 15) is 9.90 Å². The summed E-state index contributed by atoms with van der Waals surface area (Å²) in [6.45, 7) is 5.84. The number of aryl methyl sites for hydroxylation is 3. The second-order valence-electron chi connectivity index (χ2n) is 8.99. The molecule has 0 saturated heterocycles. The first-order chi connectivity index (χ1) is 17.4. The zero-order chi connectivity index (χ0) is 25.0. The first kappa shape index (κ1) is 21.7. The minimum atomic E-state index is -0.286. The number of hydrogen-bond donors (Lipinski definition) is 1. The Kier molecular flexibility index (Phi) is 4.93. The van der Waals surface area contributed by atoms with E-state index in [2.05, 4.69) is 10.1 Å². The van der Waals surface area contributed by atoms with Gasteiger partial charge in [-0.2, -0.15) is 0 Å². The molecule has 7 nitrogen and oxygen atoms in total. The normalized spacial score (nSPS) is 11.9. The summed E-state index contributed by atoms with van der Waals surface area (Å²) < 4.78 is 3.07. The number of fused-ring (bicyclic) bond motifs is 4. The van der Waals surface area contributed by atoms with Crippen LogP contribution in [0.25, 0.3) is 32.9 Å². The third-order valence-corrected chi connectivity index (χ3v) is 6.43. The van der Waals surface area contributed by atoms with Crippen LogP contribution in [0.15, 0.2) is 82.7 Å². The smallest absolute Gasteiger partial charge is 0.265 e. The number of aliphatic imine (C=N–C) groups is 1. The highest BCUT2D eigenvalue weighted by Gasteiger charge is 2.18. The molecule has 6 rings (SSSR count). The van der Waals surface area contributed by atoms with Crippen molar-refractivity contribution >= 4 is 39.2 Å². The summed E-state index contributed by atoms with van der Waals surface area (Å²) in [5, 5.41) is 19.0. The van der Waals surface area contributed by atoms with Crippen LogP contribution in [0.3, 0.4) is 0 Å². The van der Waals surface area contributed by atoms with Gasteiger partial charge in [0.1, 0.15) is 0 Å². The van der Waals surface area contributed by atoms with E-state index < -0.39 is 0 Å². The maximum absolute atomic E-state index is 13.5. The highest BCUT2D eigenvalue weighted by molar-refractivity contribution is 6.04. The zero-order valence-corrected chi connectivity index (χ0v) is 20.1. The van der Waals surface area contributed by atoms with Crippen LogP contribution < -0.4 is 5.56 Å². The summed E-state index contributed by atoms with van der Waals surface area (Å²) in [5.41, 5.74) is 4.37. The number of aromatic nitrogens is 4. The minimum absolute atomic E-state index is 0.168. The van der Waals surface area contributed by atoms with E-state index >= 15 is 0 Å². The predicted molar refractivity (Wildman–Crippen MR) is 143 cm³/mol. The second kappa shape index (κ2) is 8.16. The van der Waals surface area contributed by atoms with Gasteiger partial charge in [0.25, 0.3) is 5.56 Å². The third-order valence-electron chi connectivity index (χ3n) is 6.43. The van der Waals surface area contributed by atoms with Gasteiger partial charge in [0.15, 0.2) is 11.5 Å². The van der Waals surface area contributed by atoms with Gasteiger partial charge in [0.05, 0.1) is 23.1 Å². The molecule has 0 saturated carbocycles. The number of aromatic hydroxyl groups is 1. The van der Waals surface area contributed by atoms with Gasteiger partial charge in [0, 0.05) is 27.8 Å². The average Bonchev–Trinajstić information content (AvgIpc) is 3.25. The van der Waals surface area contributed by atoms with E-state index in [1.54, 1.807) is 16.8 Å². The third kappa shape index (κ3) is 3.36. The Morgan fingerprint density at radius 1 is 0.889 bits per heavy atom. The molecule has 0 amide bonds. The van der Waals surface area contributed by atoms with Crippen molar-refractivity contribution in [3.8, 4) is 11.6 Å². The molecule has 0 aliphatic rings. The summed E-state index contributed by atoms with van der Waals surface area (Å²) in [6.07, 6.45) is 3.44. The fraction of sp³-hybridized carbons (Fsp3) is 0.103. The number of hydrogen-bond acceptors (Lipinski definition) is 5. The van der Waals surface area contributed by atoms with Crippen LogP contribution in [0.4, 0.5) is 5.82 Å². The van der Waals surface area contributed by atoms with E-state index in [0.29, 0.717) is 27.8 Å². The summed E-state index contributed by atoms with van der Waals surface area (Å²) >= 11 is 0. The molecule has 0 atom stereocenters. The summed E-state index contributed by atoms with van der Waals surface area (Å²) in [6, 6.07) is 20.8. The Hall–Kier alpha value is -4.78. The van der Waals surface area contributed by atoms with Gasteiger partial charge < -0.3 is 5.11 Å². The lowest BCUT2D eigenvalue weighted by Gasteiger charge is -2.16. The lowest BCUT2D eigenvalue weighted by atomic mass is 10.1. The van der Waals surface area contributed by atoms with Crippen LogP contribution in [-0.4, -0.2) is 30.5 Å². The van der Waals surface area contributed by atoms with E-state index in [1.807, 2.05) is 87.6 Å². The topological polar surface area (TPSA) is 84.8 Å². The molecule has 176 valence electrons. The molecular weight excluding hydrogens is 450 g/mol. The molecule has 3 aromatic carbocycles. The van der Waals surface area contributed by atoms with Crippen LogP contribution in [0.1, 0.15) is 22.4 Å². The molecule has 1 N–H and O–H groups in total. The fourth-order valence-corrected chi connectivity index (χ4v) is 4.76. The van der Waals surface area contributed by atoms with E-state index in [0.717, 1.165) is 33.2 Å². The zero-order valence-electron chi connectivity index (χ0n) is 20.1. The summed E-state index contributed by atoms with van der Waals surface area (Å²) in [4.78, 5) is 22.8. The Morgan fingerprint density at radius 3 is 2.33 bits per heavy atom. The van der Waals surface area contributed by atoms with Gasteiger partial charge in [-0.1, -0.05) is 60.2 Å². The Morgan fingerprint density at radius 2 is 1.58 bits per heavy atom. The molecule has 0 aliphatic carbocycles. The summed E-state index contributed by atoms with van der Waals surface area (Å²) in [5.74, 6) is 0.321. The average molecular weight is 474 g/mol. The quantitative estimate of drug-likeness (QED) is 0.341. The van der Waals surface area contributed by atoms with Crippen LogP contribution in [0.5, 0.6) is 5.88 Å². The molecular formula is C29H23N5O2. The molecule has 0 unspecified atom stereocenters. The second-order valence-corrected chi connectivity index (χ2v) is 8.99. The van der Waals surface area contributed by atoms with Crippen LogP contribution in [0, 0.1) is 20.8 Å². The number of pyridine rings is 1. The number of nitrogens with zero attached hydrogens (tertiary/aromatic N) is 5. The van der Waals surface area contributed by atoms with Gasteiger partial charge in [-0.15, -0.1) is 5.10 Å². The van der Waals surface area contributed by atoms with Crippen molar-refractivity contribution in [3.63, 3.8) is 0 Å². The van der Waals surface area contributed by atoms with Crippen LogP contribution in [0.2, 0.25) is 0 Å². The van der Waals surface area contributed by atoms with Crippen molar-refractivity contribution in [2.24, 2.45) is 4.99 Å². The number of benzene rings is 3. The SMILES string of the molecule is Cc1ccc(-n2c(O)c(C=Nc3nn4cc(C)nc4c4ccccc34)c3ccccc3c2=O)c(C)c1. The van der Waals surface area contributed by atoms with Crippen LogP contribution in [-0.2, 0) is 0 Å². The lowest BCUT2D eigenvalue weighted by molar-refractivity contribution is 0.436. The predicted octanol–water partition coefficient (Wildman–Crippen LogP) is 5.57. The molecule has 0 spiro atoms.